The quantitative estimate of drug-likeness (QED) is 0.657. The van der Waals surface area contributed by atoms with Crippen molar-refractivity contribution in [3.63, 3.8) is 0 Å². The topological polar surface area (TPSA) is 84.5 Å². The summed E-state index contributed by atoms with van der Waals surface area (Å²) in [5, 5.41) is 0.487. The third-order valence-corrected chi connectivity index (χ3v) is 3.32. The highest BCUT2D eigenvalue weighted by Gasteiger charge is 2.19. The van der Waals surface area contributed by atoms with Gasteiger partial charge in [-0.15, -0.1) is 0 Å². The van der Waals surface area contributed by atoms with Crippen LogP contribution >= 0.6 is 11.6 Å². The number of benzene rings is 2. The first-order chi connectivity index (χ1) is 11.5. The van der Waals surface area contributed by atoms with E-state index < -0.39 is 23.9 Å². The molecule has 2 aromatic rings. The van der Waals surface area contributed by atoms with Gasteiger partial charge in [-0.25, -0.2) is 4.79 Å². The monoisotopic (exact) mass is 346 g/mol. The van der Waals surface area contributed by atoms with Crippen molar-refractivity contribution in [1.82, 2.24) is 10.9 Å². The van der Waals surface area contributed by atoms with Crippen LogP contribution in [0.1, 0.15) is 27.6 Å². The number of carbonyl (C=O) groups excluding carboxylic acids is 3. The molecule has 2 N–H and O–H groups in total. The summed E-state index contributed by atoms with van der Waals surface area (Å²) in [6, 6.07) is 14.5. The fraction of sp³-hybridized carbons (Fsp3) is 0.118. The number of esters is 1. The fourth-order valence-corrected chi connectivity index (χ4v) is 1.88. The standard InChI is InChI=1S/C17H15ClN2O4/c1-11(24-17(23)13-7-9-14(18)10-8-13)15(21)19-20-16(22)12-5-3-2-4-6-12/h2-11H,1H3,(H,19,21)(H,20,22)/t11-/m0/s1. The minimum absolute atomic E-state index is 0.271. The number of amides is 2. The Morgan fingerprint density at radius 3 is 2.17 bits per heavy atom. The maximum absolute atomic E-state index is 11.9. The number of nitrogens with one attached hydrogen (secondary N) is 2. The predicted octanol–water partition coefficient (Wildman–Crippen LogP) is 2.35. The minimum Gasteiger partial charge on any atom is -0.449 e. The van der Waals surface area contributed by atoms with Gasteiger partial charge in [0.15, 0.2) is 6.10 Å². The van der Waals surface area contributed by atoms with Gasteiger partial charge < -0.3 is 4.74 Å². The summed E-state index contributed by atoms with van der Waals surface area (Å²) < 4.78 is 5.03. The molecular formula is C17H15ClN2O4. The van der Waals surface area contributed by atoms with Crippen LogP contribution in [0.4, 0.5) is 0 Å². The molecule has 1 atom stereocenters. The molecule has 0 aliphatic carbocycles. The Morgan fingerprint density at radius 2 is 1.54 bits per heavy atom. The molecule has 124 valence electrons. The number of hydrazine groups is 1. The Kier molecular flexibility index (Phi) is 5.92. The number of ether oxygens (including phenoxy) is 1. The number of halogens is 1. The van der Waals surface area contributed by atoms with Gasteiger partial charge >= 0.3 is 5.97 Å². The van der Waals surface area contributed by atoms with E-state index >= 15 is 0 Å². The average molecular weight is 347 g/mol. The highest BCUT2D eigenvalue weighted by Crippen LogP contribution is 2.11. The summed E-state index contributed by atoms with van der Waals surface area (Å²) >= 11 is 5.74. The lowest BCUT2D eigenvalue weighted by Gasteiger charge is -2.14. The number of hydrogen-bond donors (Lipinski definition) is 2. The number of rotatable bonds is 4. The largest absolute Gasteiger partial charge is 0.449 e. The van der Waals surface area contributed by atoms with Gasteiger partial charge in [-0.3, -0.25) is 20.4 Å². The van der Waals surface area contributed by atoms with Gasteiger partial charge in [0.05, 0.1) is 5.56 Å². The van der Waals surface area contributed by atoms with Crippen molar-refractivity contribution in [2.24, 2.45) is 0 Å². The highest BCUT2D eigenvalue weighted by atomic mass is 35.5. The minimum atomic E-state index is -1.08. The first kappa shape index (κ1) is 17.5. The Bertz CT molecular complexity index is 732. The molecule has 0 saturated carbocycles. The van der Waals surface area contributed by atoms with Crippen molar-refractivity contribution in [2.45, 2.75) is 13.0 Å². The SMILES string of the molecule is C[C@H](OC(=O)c1ccc(Cl)cc1)C(=O)NNC(=O)c1ccccc1. The summed E-state index contributed by atoms with van der Waals surface area (Å²) in [6.45, 7) is 1.40. The first-order valence-corrected chi connectivity index (χ1v) is 7.47. The zero-order valence-electron chi connectivity index (χ0n) is 12.8. The molecule has 2 aromatic carbocycles. The van der Waals surface area contributed by atoms with Crippen molar-refractivity contribution in [3.8, 4) is 0 Å². The molecule has 0 heterocycles. The molecule has 0 bridgehead atoms. The van der Waals surface area contributed by atoms with Gasteiger partial charge in [0.1, 0.15) is 0 Å². The molecule has 0 aromatic heterocycles. The van der Waals surface area contributed by atoms with Crippen molar-refractivity contribution in [1.29, 1.82) is 0 Å². The molecule has 7 heteroatoms. The van der Waals surface area contributed by atoms with Gasteiger partial charge in [0.25, 0.3) is 11.8 Å². The summed E-state index contributed by atoms with van der Waals surface area (Å²) in [6.07, 6.45) is -1.08. The second-order valence-electron chi connectivity index (χ2n) is 4.86. The van der Waals surface area contributed by atoms with Gasteiger partial charge in [-0.2, -0.15) is 0 Å². The van der Waals surface area contributed by atoms with Gasteiger partial charge in [0.2, 0.25) is 0 Å². The molecule has 0 radical (unpaired) electrons. The van der Waals surface area contributed by atoms with Crippen LogP contribution in [0.25, 0.3) is 0 Å². The molecular weight excluding hydrogens is 332 g/mol. The summed E-state index contributed by atoms with van der Waals surface area (Å²) in [7, 11) is 0. The van der Waals surface area contributed by atoms with Gasteiger partial charge in [-0.05, 0) is 43.3 Å². The number of hydrogen-bond acceptors (Lipinski definition) is 4. The predicted molar refractivity (Wildman–Crippen MR) is 88.4 cm³/mol. The van der Waals surface area contributed by atoms with E-state index in [0.29, 0.717) is 10.6 Å². The molecule has 2 rings (SSSR count). The van der Waals surface area contributed by atoms with Crippen molar-refractivity contribution in [3.05, 3.63) is 70.7 Å². The van der Waals surface area contributed by atoms with Crippen molar-refractivity contribution >= 4 is 29.4 Å². The molecule has 0 aliphatic rings. The summed E-state index contributed by atoms with van der Waals surface area (Å²) in [5.41, 5.74) is 5.13. The van der Waals surface area contributed by atoms with Crippen molar-refractivity contribution < 1.29 is 19.1 Å². The van der Waals surface area contributed by atoms with E-state index in [9.17, 15) is 14.4 Å². The normalized spacial score (nSPS) is 11.2. The average Bonchev–Trinajstić information content (AvgIpc) is 2.60. The molecule has 0 unspecified atom stereocenters. The first-order valence-electron chi connectivity index (χ1n) is 7.09. The van der Waals surface area contributed by atoms with E-state index in [-0.39, 0.29) is 5.56 Å². The van der Waals surface area contributed by atoms with Crippen LogP contribution in [0, 0.1) is 0 Å². The fourth-order valence-electron chi connectivity index (χ4n) is 1.75. The highest BCUT2D eigenvalue weighted by molar-refractivity contribution is 6.30. The van der Waals surface area contributed by atoms with E-state index in [1.165, 1.54) is 19.1 Å². The smallest absolute Gasteiger partial charge is 0.338 e. The van der Waals surface area contributed by atoms with Crippen LogP contribution in [-0.4, -0.2) is 23.9 Å². The molecule has 0 saturated heterocycles. The molecule has 0 fully saturated rings. The lowest BCUT2D eigenvalue weighted by Crippen LogP contribution is -2.46. The molecule has 6 nitrogen and oxygen atoms in total. The second kappa shape index (κ2) is 8.12. The Labute approximate surface area is 143 Å². The second-order valence-corrected chi connectivity index (χ2v) is 5.30. The Balaban J connectivity index is 1.84. The van der Waals surface area contributed by atoms with E-state index in [2.05, 4.69) is 10.9 Å². The van der Waals surface area contributed by atoms with Crippen molar-refractivity contribution in [2.75, 3.05) is 0 Å². The summed E-state index contributed by atoms with van der Waals surface area (Å²) in [5.74, 6) is -1.79. The zero-order chi connectivity index (χ0) is 17.5. The van der Waals surface area contributed by atoms with E-state index in [1.54, 1.807) is 42.5 Å². The van der Waals surface area contributed by atoms with E-state index in [0.717, 1.165) is 0 Å². The Morgan fingerprint density at radius 1 is 0.917 bits per heavy atom. The van der Waals surface area contributed by atoms with Crippen LogP contribution < -0.4 is 10.9 Å². The maximum atomic E-state index is 11.9. The van der Waals surface area contributed by atoms with Crippen LogP contribution in [0.15, 0.2) is 54.6 Å². The maximum Gasteiger partial charge on any atom is 0.338 e. The molecule has 2 amide bonds. The van der Waals surface area contributed by atoms with Crippen LogP contribution in [0.2, 0.25) is 5.02 Å². The van der Waals surface area contributed by atoms with Gasteiger partial charge in [-0.1, -0.05) is 29.8 Å². The molecule has 24 heavy (non-hydrogen) atoms. The third-order valence-electron chi connectivity index (χ3n) is 3.07. The Hall–Kier alpha value is -2.86. The van der Waals surface area contributed by atoms with E-state index in [4.69, 9.17) is 16.3 Å². The zero-order valence-corrected chi connectivity index (χ0v) is 13.5. The molecule has 0 spiro atoms. The van der Waals surface area contributed by atoms with Crippen LogP contribution in [0.3, 0.4) is 0 Å². The van der Waals surface area contributed by atoms with Crippen LogP contribution in [-0.2, 0) is 9.53 Å². The van der Waals surface area contributed by atoms with E-state index in [1.807, 2.05) is 0 Å². The lowest BCUT2D eigenvalue weighted by atomic mass is 10.2. The lowest BCUT2D eigenvalue weighted by molar-refractivity contribution is -0.129. The third kappa shape index (κ3) is 4.82. The molecule has 0 aliphatic heterocycles. The van der Waals surface area contributed by atoms with Gasteiger partial charge in [0, 0.05) is 10.6 Å². The van der Waals surface area contributed by atoms with Crippen LogP contribution in [0.5, 0.6) is 0 Å². The number of carbonyl (C=O) groups is 3. The summed E-state index contributed by atoms with van der Waals surface area (Å²) in [4.78, 5) is 35.6.